The Morgan fingerprint density at radius 1 is 1.25 bits per heavy atom. The van der Waals surface area contributed by atoms with Crippen LogP contribution in [0, 0.1) is 0 Å². The van der Waals surface area contributed by atoms with Gasteiger partial charge < -0.3 is 15.1 Å². The Labute approximate surface area is 117 Å². The van der Waals surface area contributed by atoms with Crippen LogP contribution in [0.4, 0.5) is 0 Å². The second kappa shape index (κ2) is 5.62. The van der Waals surface area contributed by atoms with Crippen LogP contribution < -0.4 is 5.32 Å². The van der Waals surface area contributed by atoms with Gasteiger partial charge in [0.05, 0.1) is 0 Å². The minimum atomic E-state index is -0.316. The number of likely N-dealkylation sites (tertiary alicyclic amines) is 1. The average Bonchev–Trinajstić information content (AvgIpc) is 3.18. The number of carbonyl (C=O) groups is 2. The van der Waals surface area contributed by atoms with Gasteiger partial charge >= 0.3 is 0 Å². The zero-order valence-corrected chi connectivity index (χ0v) is 11.3. The summed E-state index contributed by atoms with van der Waals surface area (Å²) in [6.07, 6.45) is 3.18. The highest BCUT2D eigenvalue weighted by Crippen LogP contribution is 2.21. The summed E-state index contributed by atoms with van der Waals surface area (Å²) < 4.78 is 0. The van der Waals surface area contributed by atoms with Crippen LogP contribution in [-0.2, 0) is 4.79 Å². The van der Waals surface area contributed by atoms with Gasteiger partial charge in [0.1, 0.15) is 11.7 Å². The molecule has 0 aromatic carbocycles. The zero-order chi connectivity index (χ0) is 13.9. The predicted molar refractivity (Wildman–Crippen MR) is 72.1 cm³/mol. The van der Waals surface area contributed by atoms with E-state index in [9.17, 15) is 9.59 Å². The molecule has 0 aliphatic carbocycles. The van der Waals surface area contributed by atoms with Crippen molar-refractivity contribution in [3.05, 3.63) is 18.0 Å². The summed E-state index contributed by atoms with van der Waals surface area (Å²) in [7, 11) is 0. The quantitative estimate of drug-likeness (QED) is 0.760. The minimum Gasteiger partial charge on any atom is -0.338 e. The van der Waals surface area contributed by atoms with Gasteiger partial charge in [-0.1, -0.05) is 0 Å². The van der Waals surface area contributed by atoms with Gasteiger partial charge in [-0.2, -0.15) is 5.10 Å². The molecule has 2 saturated heterocycles. The van der Waals surface area contributed by atoms with Crippen molar-refractivity contribution in [2.45, 2.75) is 18.9 Å². The van der Waals surface area contributed by atoms with Gasteiger partial charge in [-0.05, 0) is 18.9 Å². The highest BCUT2D eigenvalue weighted by Gasteiger charge is 2.37. The third-order valence-electron chi connectivity index (χ3n) is 3.96. The lowest BCUT2D eigenvalue weighted by Crippen LogP contribution is -2.53. The summed E-state index contributed by atoms with van der Waals surface area (Å²) in [6, 6.07) is 1.33. The number of aromatic amines is 1. The second-order valence-electron chi connectivity index (χ2n) is 5.20. The lowest BCUT2D eigenvalue weighted by Gasteiger charge is -2.32. The maximum Gasteiger partial charge on any atom is 0.272 e. The Bertz CT molecular complexity index is 481. The van der Waals surface area contributed by atoms with Gasteiger partial charge in [0.25, 0.3) is 5.91 Å². The molecule has 1 atom stereocenters. The average molecular weight is 277 g/mol. The van der Waals surface area contributed by atoms with Crippen LogP contribution in [0.5, 0.6) is 0 Å². The lowest BCUT2D eigenvalue weighted by atomic mass is 10.1. The van der Waals surface area contributed by atoms with Gasteiger partial charge in [-0.3, -0.25) is 14.7 Å². The Kier molecular flexibility index (Phi) is 3.68. The fourth-order valence-corrected chi connectivity index (χ4v) is 2.89. The van der Waals surface area contributed by atoms with E-state index in [2.05, 4.69) is 15.5 Å². The molecular weight excluding hydrogens is 258 g/mol. The molecule has 2 aliphatic heterocycles. The standard InChI is InChI=1S/C13H19N5O2/c19-12(10-3-4-15-16-10)18-7-1-2-11(18)13(20)17-8-5-14-6-9-17/h3-4,11,14H,1-2,5-9H2,(H,15,16). The number of rotatable bonds is 2. The Balaban J connectivity index is 1.71. The fraction of sp³-hybridized carbons (Fsp3) is 0.615. The number of amides is 2. The molecule has 3 heterocycles. The van der Waals surface area contributed by atoms with E-state index in [4.69, 9.17) is 0 Å². The molecule has 2 aliphatic rings. The first-order valence-electron chi connectivity index (χ1n) is 7.07. The van der Waals surface area contributed by atoms with E-state index in [1.54, 1.807) is 17.2 Å². The van der Waals surface area contributed by atoms with Crippen LogP contribution in [0.25, 0.3) is 0 Å². The maximum atomic E-state index is 12.6. The molecule has 3 rings (SSSR count). The number of hydrogen-bond donors (Lipinski definition) is 2. The summed E-state index contributed by atoms with van der Waals surface area (Å²) in [5.41, 5.74) is 0.449. The Morgan fingerprint density at radius 2 is 2.05 bits per heavy atom. The highest BCUT2D eigenvalue weighted by atomic mass is 16.2. The van der Waals surface area contributed by atoms with Gasteiger partial charge in [-0.15, -0.1) is 0 Å². The zero-order valence-electron chi connectivity index (χ0n) is 11.3. The molecule has 0 radical (unpaired) electrons. The SMILES string of the molecule is O=C(C1CCCN1C(=O)c1ccn[nH]1)N1CCNCC1. The smallest absolute Gasteiger partial charge is 0.272 e. The number of aromatic nitrogens is 2. The molecule has 2 amide bonds. The van der Waals surface area contributed by atoms with E-state index in [0.29, 0.717) is 12.2 Å². The van der Waals surface area contributed by atoms with Crippen molar-refractivity contribution < 1.29 is 9.59 Å². The molecule has 20 heavy (non-hydrogen) atoms. The number of nitrogens with one attached hydrogen (secondary N) is 2. The maximum absolute atomic E-state index is 12.6. The number of nitrogens with zero attached hydrogens (tertiary/aromatic N) is 3. The number of H-pyrrole nitrogens is 1. The van der Waals surface area contributed by atoms with Crippen LogP contribution >= 0.6 is 0 Å². The summed E-state index contributed by atoms with van der Waals surface area (Å²) in [6.45, 7) is 3.74. The number of piperazine rings is 1. The van der Waals surface area contributed by atoms with Crippen molar-refractivity contribution in [1.82, 2.24) is 25.3 Å². The first-order valence-corrected chi connectivity index (χ1v) is 7.07. The molecule has 7 nitrogen and oxygen atoms in total. The predicted octanol–water partition coefficient (Wildman–Crippen LogP) is -0.554. The van der Waals surface area contributed by atoms with Gasteiger partial charge in [-0.25, -0.2) is 0 Å². The molecule has 0 bridgehead atoms. The molecule has 0 saturated carbocycles. The summed E-state index contributed by atoms with van der Waals surface area (Å²) in [5.74, 6) is -0.0506. The molecule has 2 fully saturated rings. The molecule has 1 unspecified atom stereocenters. The molecule has 108 valence electrons. The summed E-state index contributed by atoms with van der Waals surface area (Å²) in [4.78, 5) is 28.5. The van der Waals surface area contributed by atoms with Crippen molar-refractivity contribution in [2.75, 3.05) is 32.7 Å². The fourth-order valence-electron chi connectivity index (χ4n) is 2.89. The molecule has 2 N–H and O–H groups in total. The molecular formula is C13H19N5O2. The van der Waals surface area contributed by atoms with E-state index < -0.39 is 0 Å². The van der Waals surface area contributed by atoms with Crippen LogP contribution in [0.15, 0.2) is 12.3 Å². The highest BCUT2D eigenvalue weighted by molar-refractivity contribution is 5.96. The molecule has 1 aromatic rings. The van der Waals surface area contributed by atoms with E-state index in [1.807, 2.05) is 4.90 Å². The largest absolute Gasteiger partial charge is 0.338 e. The molecule has 7 heteroatoms. The van der Waals surface area contributed by atoms with E-state index in [-0.39, 0.29) is 17.9 Å². The van der Waals surface area contributed by atoms with Crippen LogP contribution in [-0.4, -0.2) is 70.6 Å². The topological polar surface area (TPSA) is 81.3 Å². The van der Waals surface area contributed by atoms with Gasteiger partial charge in [0.2, 0.25) is 5.91 Å². The first-order chi connectivity index (χ1) is 9.77. The third-order valence-corrected chi connectivity index (χ3v) is 3.96. The summed E-state index contributed by atoms with van der Waals surface area (Å²) in [5, 5.41) is 9.70. The van der Waals surface area contributed by atoms with Gasteiger partial charge in [0, 0.05) is 38.9 Å². The van der Waals surface area contributed by atoms with Crippen molar-refractivity contribution in [2.24, 2.45) is 0 Å². The number of carbonyl (C=O) groups excluding carboxylic acids is 2. The van der Waals surface area contributed by atoms with E-state index in [1.165, 1.54) is 0 Å². The van der Waals surface area contributed by atoms with Crippen molar-refractivity contribution in [3.63, 3.8) is 0 Å². The first kappa shape index (κ1) is 13.1. The normalized spacial score (nSPS) is 23.1. The second-order valence-corrected chi connectivity index (χ2v) is 5.20. The van der Waals surface area contributed by atoms with E-state index >= 15 is 0 Å². The number of hydrogen-bond acceptors (Lipinski definition) is 4. The van der Waals surface area contributed by atoms with Gasteiger partial charge in [0.15, 0.2) is 0 Å². The monoisotopic (exact) mass is 277 g/mol. The van der Waals surface area contributed by atoms with Crippen molar-refractivity contribution >= 4 is 11.8 Å². The Hall–Kier alpha value is -1.89. The molecule has 0 spiro atoms. The molecule has 1 aromatic heterocycles. The van der Waals surface area contributed by atoms with E-state index in [0.717, 1.165) is 39.0 Å². The van der Waals surface area contributed by atoms with Crippen LogP contribution in [0.2, 0.25) is 0 Å². The summed E-state index contributed by atoms with van der Waals surface area (Å²) >= 11 is 0. The van der Waals surface area contributed by atoms with Crippen LogP contribution in [0.1, 0.15) is 23.3 Å². The van der Waals surface area contributed by atoms with Crippen molar-refractivity contribution in [3.8, 4) is 0 Å². The van der Waals surface area contributed by atoms with Crippen molar-refractivity contribution in [1.29, 1.82) is 0 Å². The van der Waals surface area contributed by atoms with Crippen LogP contribution in [0.3, 0.4) is 0 Å². The lowest BCUT2D eigenvalue weighted by molar-refractivity contribution is -0.135. The third kappa shape index (κ3) is 2.40. The Morgan fingerprint density at radius 3 is 2.75 bits per heavy atom. The minimum absolute atomic E-state index is 0.0804.